The van der Waals surface area contributed by atoms with Crippen molar-refractivity contribution < 1.29 is 13.2 Å². The summed E-state index contributed by atoms with van der Waals surface area (Å²) >= 11 is 1.49. The lowest BCUT2D eigenvalue weighted by atomic mass is 10.1. The number of benzene rings is 2. The molecule has 1 aromatic heterocycles. The van der Waals surface area contributed by atoms with Gasteiger partial charge in [0.15, 0.2) is 15.0 Å². The van der Waals surface area contributed by atoms with Crippen molar-refractivity contribution >= 4 is 42.4 Å². The van der Waals surface area contributed by atoms with E-state index in [-0.39, 0.29) is 5.91 Å². The molecule has 0 atom stereocenters. The maximum Gasteiger partial charge on any atom is 0.254 e. The zero-order valence-electron chi connectivity index (χ0n) is 15.8. The number of hydrogen-bond acceptors (Lipinski definition) is 6. The Hall–Kier alpha value is -2.45. The summed E-state index contributed by atoms with van der Waals surface area (Å²) in [5.41, 5.74) is 2.54. The summed E-state index contributed by atoms with van der Waals surface area (Å²) in [4.78, 5) is 21.8. The molecule has 1 aliphatic heterocycles. The van der Waals surface area contributed by atoms with E-state index in [0.29, 0.717) is 31.1 Å². The average Bonchev–Trinajstić information content (AvgIpc) is 3.11. The fourth-order valence-electron chi connectivity index (χ4n) is 3.34. The Morgan fingerprint density at radius 3 is 2.46 bits per heavy atom. The first kappa shape index (κ1) is 18.9. The summed E-state index contributed by atoms with van der Waals surface area (Å²) < 4.78 is 24.4. The molecule has 3 aromatic rings. The molecule has 1 aliphatic rings. The predicted octanol–water partition coefficient (Wildman–Crippen LogP) is 2.97. The van der Waals surface area contributed by atoms with E-state index >= 15 is 0 Å². The summed E-state index contributed by atoms with van der Waals surface area (Å²) in [6.07, 6.45) is 1.21. The van der Waals surface area contributed by atoms with E-state index in [2.05, 4.69) is 9.88 Å². The standard InChI is InChI=1S/C20H21N3O3S2/c1-14-5-3-4-6-16(14)19(24)22-9-11-23(12-10-22)20-21-17-8-7-15(28(2,25)26)13-18(17)27-20/h3-8,13H,9-12H2,1-2H3. The highest BCUT2D eigenvalue weighted by Gasteiger charge is 2.24. The molecule has 0 N–H and O–H groups in total. The predicted molar refractivity (Wildman–Crippen MR) is 112 cm³/mol. The molecule has 8 heteroatoms. The molecule has 1 fully saturated rings. The molecule has 6 nitrogen and oxygen atoms in total. The van der Waals surface area contributed by atoms with Crippen molar-refractivity contribution in [3.05, 3.63) is 53.6 Å². The molecule has 0 spiro atoms. The third-order valence-electron chi connectivity index (χ3n) is 4.99. The minimum atomic E-state index is -3.24. The molecule has 0 unspecified atom stereocenters. The highest BCUT2D eigenvalue weighted by Crippen LogP contribution is 2.31. The Bertz CT molecular complexity index is 1150. The molecule has 2 aromatic carbocycles. The van der Waals surface area contributed by atoms with E-state index in [0.717, 1.165) is 26.5 Å². The van der Waals surface area contributed by atoms with Crippen LogP contribution in [-0.4, -0.2) is 56.6 Å². The SMILES string of the molecule is Cc1ccccc1C(=O)N1CCN(c2nc3ccc(S(C)(=O)=O)cc3s2)CC1. The number of nitrogens with zero attached hydrogens (tertiary/aromatic N) is 3. The van der Waals surface area contributed by atoms with Crippen LogP contribution in [0.1, 0.15) is 15.9 Å². The van der Waals surface area contributed by atoms with Crippen LogP contribution >= 0.6 is 11.3 Å². The molecule has 0 saturated carbocycles. The Kier molecular flexibility index (Phi) is 4.84. The molecule has 0 aliphatic carbocycles. The van der Waals surface area contributed by atoms with Gasteiger partial charge < -0.3 is 9.80 Å². The van der Waals surface area contributed by atoms with Gasteiger partial charge in [-0.2, -0.15) is 0 Å². The molecule has 0 bridgehead atoms. The molecule has 146 valence electrons. The number of sulfone groups is 1. The third kappa shape index (κ3) is 3.62. The van der Waals surface area contributed by atoms with Crippen molar-refractivity contribution in [2.24, 2.45) is 0 Å². The number of aromatic nitrogens is 1. The summed E-state index contributed by atoms with van der Waals surface area (Å²) in [5.74, 6) is 0.0693. The number of piperazine rings is 1. The molecule has 1 saturated heterocycles. The zero-order chi connectivity index (χ0) is 19.9. The van der Waals surface area contributed by atoms with Gasteiger partial charge in [0.25, 0.3) is 5.91 Å². The summed E-state index contributed by atoms with van der Waals surface area (Å²) in [5, 5.41) is 0.864. The van der Waals surface area contributed by atoms with E-state index in [4.69, 9.17) is 0 Å². The third-order valence-corrected chi connectivity index (χ3v) is 7.18. The Balaban J connectivity index is 1.49. The van der Waals surface area contributed by atoms with Gasteiger partial charge in [-0.05, 0) is 36.8 Å². The molecule has 4 rings (SSSR count). The second kappa shape index (κ2) is 7.18. The highest BCUT2D eigenvalue weighted by atomic mass is 32.2. The molecular formula is C20H21N3O3S2. The topological polar surface area (TPSA) is 70.6 Å². The van der Waals surface area contributed by atoms with Crippen molar-refractivity contribution in [3.63, 3.8) is 0 Å². The summed E-state index contributed by atoms with van der Waals surface area (Å²) in [6.45, 7) is 4.64. The zero-order valence-corrected chi connectivity index (χ0v) is 17.4. The lowest BCUT2D eigenvalue weighted by molar-refractivity contribution is 0.0746. The van der Waals surface area contributed by atoms with Crippen LogP contribution in [0.15, 0.2) is 47.4 Å². The van der Waals surface area contributed by atoms with Gasteiger partial charge in [0.1, 0.15) is 0 Å². The average molecular weight is 416 g/mol. The van der Waals surface area contributed by atoms with Crippen molar-refractivity contribution in [2.45, 2.75) is 11.8 Å². The van der Waals surface area contributed by atoms with Crippen LogP contribution in [0, 0.1) is 6.92 Å². The number of carbonyl (C=O) groups is 1. The van der Waals surface area contributed by atoms with Crippen molar-refractivity contribution in [3.8, 4) is 0 Å². The largest absolute Gasteiger partial charge is 0.345 e. The van der Waals surface area contributed by atoms with Crippen LogP contribution in [0.5, 0.6) is 0 Å². The Morgan fingerprint density at radius 2 is 1.79 bits per heavy atom. The van der Waals surface area contributed by atoms with Crippen molar-refractivity contribution in [1.29, 1.82) is 0 Å². The number of thiazole rings is 1. The quantitative estimate of drug-likeness (QED) is 0.658. The lowest BCUT2D eigenvalue weighted by Crippen LogP contribution is -2.48. The van der Waals surface area contributed by atoms with Crippen LogP contribution in [0.25, 0.3) is 10.2 Å². The lowest BCUT2D eigenvalue weighted by Gasteiger charge is -2.34. The molecular weight excluding hydrogens is 394 g/mol. The van der Waals surface area contributed by atoms with E-state index < -0.39 is 9.84 Å². The number of carbonyl (C=O) groups excluding carboxylic acids is 1. The van der Waals surface area contributed by atoms with E-state index in [1.54, 1.807) is 18.2 Å². The van der Waals surface area contributed by atoms with Gasteiger partial charge in [0.05, 0.1) is 15.1 Å². The van der Waals surface area contributed by atoms with Gasteiger partial charge in [0, 0.05) is 38.0 Å². The van der Waals surface area contributed by atoms with Gasteiger partial charge in [-0.15, -0.1) is 0 Å². The number of aryl methyl sites for hydroxylation is 1. The maximum absolute atomic E-state index is 12.8. The number of rotatable bonds is 3. The molecule has 28 heavy (non-hydrogen) atoms. The first-order valence-corrected chi connectivity index (χ1v) is 11.7. The van der Waals surface area contributed by atoms with E-state index in [1.807, 2.05) is 36.1 Å². The van der Waals surface area contributed by atoms with Crippen LogP contribution in [0.4, 0.5) is 5.13 Å². The second-order valence-corrected chi connectivity index (χ2v) is 10.0. The Labute approximate surface area is 168 Å². The van der Waals surface area contributed by atoms with E-state index in [9.17, 15) is 13.2 Å². The van der Waals surface area contributed by atoms with Crippen LogP contribution < -0.4 is 4.90 Å². The van der Waals surface area contributed by atoms with Crippen molar-refractivity contribution in [2.75, 3.05) is 37.3 Å². The van der Waals surface area contributed by atoms with Crippen molar-refractivity contribution in [1.82, 2.24) is 9.88 Å². The van der Waals surface area contributed by atoms with Gasteiger partial charge in [-0.25, -0.2) is 13.4 Å². The van der Waals surface area contributed by atoms with Gasteiger partial charge >= 0.3 is 0 Å². The summed E-state index contributed by atoms with van der Waals surface area (Å²) in [7, 11) is -3.24. The number of anilines is 1. The van der Waals surface area contributed by atoms with E-state index in [1.165, 1.54) is 17.6 Å². The first-order valence-electron chi connectivity index (χ1n) is 9.03. The minimum Gasteiger partial charge on any atom is -0.345 e. The van der Waals surface area contributed by atoms with Gasteiger partial charge in [0.2, 0.25) is 0 Å². The molecule has 2 heterocycles. The highest BCUT2D eigenvalue weighted by molar-refractivity contribution is 7.90. The Morgan fingerprint density at radius 1 is 1.07 bits per heavy atom. The number of hydrogen-bond donors (Lipinski definition) is 0. The smallest absolute Gasteiger partial charge is 0.254 e. The second-order valence-electron chi connectivity index (χ2n) is 6.99. The molecule has 0 radical (unpaired) electrons. The summed E-state index contributed by atoms with van der Waals surface area (Å²) in [6, 6.07) is 12.7. The maximum atomic E-state index is 12.8. The van der Waals surface area contributed by atoms with Crippen LogP contribution in [-0.2, 0) is 9.84 Å². The fourth-order valence-corrected chi connectivity index (χ4v) is 5.12. The number of amides is 1. The first-order chi connectivity index (χ1) is 13.3. The monoisotopic (exact) mass is 415 g/mol. The minimum absolute atomic E-state index is 0.0693. The van der Waals surface area contributed by atoms with Crippen LogP contribution in [0.2, 0.25) is 0 Å². The number of fused-ring (bicyclic) bond motifs is 1. The fraction of sp³-hybridized carbons (Fsp3) is 0.300. The molecule has 1 amide bonds. The normalized spacial score (nSPS) is 15.2. The van der Waals surface area contributed by atoms with Crippen LogP contribution in [0.3, 0.4) is 0 Å². The van der Waals surface area contributed by atoms with Gasteiger partial charge in [-0.3, -0.25) is 4.79 Å². The van der Waals surface area contributed by atoms with Gasteiger partial charge in [-0.1, -0.05) is 29.5 Å².